The number of hydrogen-bond donors (Lipinski definition) is 1. The molecule has 0 saturated carbocycles. The van der Waals surface area contributed by atoms with E-state index in [4.69, 9.17) is 16.8 Å². The van der Waals surface area contributed by atoms with Crippen molar-refractivity contribution in [2.24, 2.45) is 5.16 Å². The van der Waals surface area contributed by atoms with Gasteiger partial charge in [0.05, 0.1) is 4.92 Å². The van der Waals surface area contributed by atoms with Crippen LogP contribution in [-0.2, 0) is 6.42 Å². The van der Waals surface area contributed by atoms with Gasteiger partial charge in [-0.25, -0.2) is 0 Å². The first kappa shape index (κ1) is 10.5. The molecular weight excluding hydrogens is 208 g/mol. The van der Waals surface area contributed by atoms with E-state index in [1.807, 2.05) is 0 Å². The van der Waals surface area contributed by atoms with Crippen LogP contribution in [0.2, 0.25) is 5.02 Å². The molecule has 0 bridgehead atoms. The van der Waals surface area contributed by atoms with E-state index < -0.39 is 4.92 Å². The Morgan fingerprint density at radius 3 is 2.93 bits per heavy atom. The predicted molar refractivity (Wildman–Crippen MR) is 52.1 cm³/mol. The molecule has 0 unspecified atom stereocenters. The zero-order chi connectivity index (χ0) is 10.6. The van der Waals surface area contributed by atoms with Crippen molar-refractivity contribution < 1.29 is 10.1 Å². The van der Waals surface area contributed by atoms with Crippen LogP contribution in [-0.4, -0.2) is 16.3 Å². The minimum atomic E-state index is -0.521. The maximum absolute atomic E-state index is 10.6. The van der Waals surface area contributed by atoms with Crippen molar-refractivity contribution in [2.75, 3.05) is 0 Å². The number of nitro benzene ring substituents is 1. The molecule has 0 amide bonds. The third-order valence-electron chi connectivity index (χ3n) is 1.64. The van der Waals surface area contributed by atoms with Gasteiger partial charge in [0.25, 0.3) is 5.69 Å². The highest BCUT2D eigenvalue weighted by atomic mass is 35.5. The van der Waals surface area contributed by atoms with Gasteiger partial charge in [-0.1, -0.05) is 17.7 Å². The number of benzene rings is 1. The Morgan fingerprint density at radius 2 is 2.36 bits per heavy atom. The molecule has 0 atom stereocenters. The second kappa shape index (κ2) is 4.57. The zero-order valence-corrected chi connectivity index (χ0v) is 7.81. The summed E-state index contributed by atoms with van der Waals surface area (Å²) in [7, 11) is 0. The zero-order valence-electron chi connectivity index (χ0n) is 7.05. The summed E-state index contributed by atoms with van der Waals surface area (Å²) in [5, 5.41) is 21.8. The summed E-state index contributed by atoms with van der Waals surface area (Å²) < 4.78 is 0. The summed E-state index contributed by atoms with van der Waals surface area (Å²) in [4.78, 5) is 10.1. The van der Waals surface area contributed by atoms with Gasteiger partial charge in [0.15, 0.2) is 0 Å². The number of halogens is 1. The van der Waals surface area contributed by atoms with Crippen LogP contribution in [0.4, 0.5) is 5.69 Å². The SMILES string of the molecule is O=[N+]([O-])c1cc(Cl)ccc1CC=NO. The van der Waals surface area contributed by atoms with Gasteiger partial charge in [-0.15, -0.1) is 5.16 Å². The minimum Gasteiger partial charge on any atom is -0.411 e. The molecule has 1 rings (SSSR count). The van der Waals surface area contributed by atoms with Gasteiger partial charge in [0, 0.05) is 29.3 Å². The molecule has 0 radical (unpaired) electrons. The molecule has 14 heavy (non-hydrogen) atoms. The van der Waals surface area contributed by atoms with Crippen LogP contribution in [0.1, 0.15) is 5.56 Å². The maximum Gasteiger partial charge on any atom is 0.274 e. The van der Waals surface area contributed by atoms with E-state index in [0.29, 0.717) is 10.6 Å². The second-order valence-corrected chi connectivity index (χ2v) is 2.97. The summed E-state index contributed by atoms with van der Waals surface area (Å²) in [6, 6.07) is 4.35. The topological polar surface area (TPSA) is 75.7 Å². The molecular formula is C8H7ClN2O3. The van der Waals surface area contributed by atoms with Crippen LogP contribution in [0, 0.1) is 10.1 Å². The molecule has 0 fully saturated rings. The van der Waals surface area contributed by atoms with Gasteiger partial charge in [-0.2, -0.15) is 0 Å². The molecule has 74 valence electrons. The van der Waals surface area contributed by atoms with Crippen molar-refractivity contribution in [3.8, 4) is 0 Å². The minimum absolute atomic E-state index is 0.0719. The average molecular weight is 215 g/mol. The monoisotopic (exact) mass is 214 g/mol. The third kappa shape index (κ3) is 2.43. The van der Waals surface area contributed by atoms with Gasteiger partial charge < -0.3 is 5.21 Å². The van der Waals surface area contributed by atoms with Crippen molar-refractivity contribution in [1.29, 1.82) is 0 Å². The van der Waals surface area contributed by atoms with E-state index in [9.17, 15) is 10.1 Å². The number of rotatable bonds is 3. The molecule has 5 nitrogen and oxygen atoms in total. The molecule has 0 aromatic heterocycles. The van der Waals surface area contributed by atoms with Gasteiger partial charge in [0.1, 0.15) is 0 Å². The molecule has 0 spiro atoms. The normalized spacial score (nSPS) is 10.6. The van der Waals surface area contributed by atoms with Crippen LogP contribution in [0.3, 0.4) is 0 Å². The van der Waals surface area contributed by atoms with Crippen molar-refractivity contribution in [3.05, 3.63) is 38.9 Å². The molecule has 6 heteroatoms. The highest BCUT2D eigenvalue weighted by molar-refractivity contribution is 6.30. The summed E-state index contributed by atoms with van der Waals surface area (Å²) in [6.07, 6.45) is 1.38. The molecule has 0 heterocycles. The second-order valence-electron chi connectivity index (χ2n) is 2.53. The van der Waals surface area contributed by atoms with Crippen LogP contribution in [0.15, 0.2) is 23.4 Å². The Bertz CT molecular complexity index is 379. The molecule has 0 aliphatic heterocycles. The first-order chi connectivity index (χ1) is 6.65. The lowest BCUT2D eigenvalue weighted by atomic mass is 10.1. The molecule has 0 saturated heterocycles. The summed E-state index contributed by atoms with van der Waals surface area (Å²) >= 11 is 5.61. The standard InChI is InChI=1S/C8H7ClN2O3/c9-7-2-1-6(3-4-10-12)8(5-7)11(13)14/h1-2,4-5,12H,3H2. The molecule has 0 aliphatic rings. The Kier molecular flexibility index (Phi) is 3.41. The Labute approximate surface area is 84.8 Å². The highest BCUT2D eigenvalue weighted by Gasteiger charge is 2.12. The quantitative estimate of drug-likeness (QED) is 0.363. The number of nitrogens with zero attached hydrogens (tertiary/aromatic N) is 2. The van der Waals surface area contributed by atoms with E-state index in [1.165, 1.54) is 18.3 Å². The number of hydrogen-bond acceptors (Lipinski definition) is 4. The average Bonchev–Trinajstić information content (AvgIpc) is 2.15. The Balaban J connectivity index is 3.08. The van der Waals surface area contributed by atoms with Gasteiger partial charge in [-0.05, 0) is 6.07 Å². The van der Waals surface area contributed by atoms with Crippen molar-refractivity contribution in [1.82, 2.24) is 0 Å². The van der Waals surface area contributed by atoms with Crippen LogP contribution in [0.5, 0.6) is 0 Å². The first-order valence-corrected chi connectivity index (χ1v) is 4.11. The predicted octanol–water partition coefficient (Wildman–Crippen LogP) is 2.25. The van der Waals surface area contributed by atoms with E-state index in [0.717, 1.165) is 0 Å². The number of oxime groups is 1. The highest BCUT2D eigenvalue weighted by Crippen LogP contribution is 2.22. The van der Waals surface area contributed by atoms with E-state index in [2.05, 4.69) is 5.16 Å². The lowest BCUT2D eigenvalue weighted by Gasteiger charge is -1.99. The fourth-order valence-corrected chi connectivity index (χ4v) is 1.19. The first-order valence-electron chi connectivity index (χ1n) is 3.74. The lowest BCUT2D eigenvalue weighted by Crippen LogP contribution is -1.96. The molecule has 1 aromatic carbocycles. The van der Waals surface area contributed by atoms with Crippen LogP contribution < -0.4 is 0 Å². The summed E-state index contributed by atoms with van der Waals surface area (Å²) in [5.41, 5.74) is 0.384. The van der Waals surface area contributed by atoms with Crippen molar-refractivity contribution in [2.45, 2.75) is 6.42 Å². The Hall–Kier alpha value is -1.62. The number of nitro groups is 1. The van der Waals surface area contributed by atoms with Gasteiger partial charge in [-0.3, -0.25) is 10.1 Å². The summed E-state index contributed by atoms with van der Waals surface area (Å²) in [6.45, 7) is 0. The third-order valence-corrected chi connectivity index (χ3v) is 1.87. The van der Waals surface area contributed by atoms with Crippen molar-refractivity contribution >= 4 is 23.5 Å². The lowest BCUT2D eigenvalue weighted by molar-refractivity contribution is -0.385. The smallest absolute Gasteiger partial charge is 0.274 e. The van der Waals surface area contributed by atoms with Crippen molar-refractivity contribution in [3.63, 3.8) is 0 Å². The molecule has 0 aliphatic carbocycles. The Morgan fingerprint density at radius 1 is 1.64 bits per heavy atom. The van der Waals surface area contributed by atoms with Crippen LogP contribution in [0.25, 0.3) is 0 Å². The largest absolute Gasteiger partial charge is 0.411 e. The molecule has 1 aromatic rings. The van der Waals surface area contributed by atoms with Gasteiger partial charge in [0.2, 0.25) is 0 Å². The van der Waals surface area contributed by atoms with E-state index >= 15 is 0 Å². The molecule has 1 N–H and O–H groups in total. The summed E-state index contributed by atoms with van der Waals surface area (Å²) in [5.74, 6) is 0. The van der Waals surface area contributed by atoms with E-state index in [-0.39, 0.29) is 12.1 Å². The fourth-order valence-electron chi connectivity index (χ4n) is 1.02. The van der Waals surface area contributed by atoms with Crippen LogP contribution >= 0.6 is 11.6 Å². The van der Waals surface area contributed by atoms with Gasteiger partial charge >= 0.3 is 0 Å². The maximum atomic E-state index is 10.6. The fraction of sp³-hybridized carbons (Fsp3) is 0.125. The van der Waals surface area contributed by atoms with E-state index in [1.54, 1.807) is 6.07 Å².